The molecule has 0 radical (unpaired) electrons. The molecule has 36 heteroatoms. The number of nitrogen functional groups attached to an aromatic ring is 1. The first-order valence-electron chi connectivity index (χ1n) is 27.6. The number of amides is 2. The topological polar surface area (TPSA) is 442 Å². The van der Waals surface area contributed by atoms with Crippen LogP contribution in [0.1, 0.15) is 91.0 Å². The van der Waals surface area contributed by atoms with Crippen molar-refractivity contribution >= 4 is 83.9 Å². The van der Waals surface area contributed by atoms with Crippen molar-refractivity contribution in [3.05, 3.63) is 86.9 Å². The van der Waals surface area contributed by atoms with Gasteiger partial charge in [-0.15, -0.1) is 0 Å². The summed E-state index contributed by atoms with van der Waals surface area (Å²) < 4.78 is 138. The van der Waals surface area contributed by atoms with Crippen molar-refractivity contribution in [3.63, 3.8) is 0 Å². The molecule has 6 aliphatic heterocycles. The zero-order valence-corrected chi connectivity index (χ0v) is 50.0. The third-order valence-corrected chi connectivity index (χ3v) is 21.8. The minimum atomic E-state index is -5.89. The number of ether oxygens (including phenoxy) is 3. The molecule has 1 saturated heterocycles. The number of aryl methyl sites for hydroxylation is 2. The molecular formula is C50H62N10O21P3S2+. The lowest BCUT2D eigenvalue weighted by atomic mass is 9.82. The number of aliphatic hydroxyl groups excluding tert-OH is 1. The number of unbranched alkanes of at least 4 members (excludes halogenated alkanes) is 2. The van der Waals surface area contributed by atoms with Gasteiger partial charge in [-0.05, 0) is 81.2 Å². The zero-order valence-electron chi connectivity index (χ0n) is 45.7. The van der Waals surface area contributed by atoms with E-state index in [1.165, 1.54) is 27.7 Å². The van der Waals surface area contributed by atoms with Gasteiger partial charge in [0.05, 0.1) is 23.4 Å². The van der Waals surface area contributed by atoms with Crippen LogP contribution in [0.15, 0.2) is 52.8 Å². The van der Waals surface area contributed by atoms with Crippen molar-refractivity contribution < 1.29 is 96.7 Å². The molecule has 6 atom stereocenters. The average Bonchev–Trinajstić information content (AvgIpc) is 0.915. The van der Waals surface area contributed by atoms with Crippen LogP contribution in [0.5, 0.6) is 11.5 Å². The van der Waals surface area contributed by atoms with Crippen LogP contribution in [0.4, 0.5) is 16.3 Å². The molecule has 5 aromatic rings. The maximum atomic E-state index is 13.9. The average molecular weight is 1300 g/mol. The number of benzene rings is 3. The Hall–Kier alpha value is -5.83. The molecule has 6 aliphatic rings. The smallest absolute Gasteiger partial charge is 0.455 e. The van der Waals surface area contributed by atoms with E-state index < -0.39 is 91.7 Å². The van der Waals surface area contributed by atoms with Gasteiger partial charge in [0, 0.05) is 90.7 Å². The molecule has 11 N–H and O–H groups in total. The van der Waals surface area contributed by atoms with Crippen molar-refractivity contribution in [2.75, 3.05) is 63.1 Å². The number of carbonyl (C=O) groups is 2. The first-order valence-corrected chi connectivity index (χ1v) is 35.0. The Bertz CT molecular complexity index is 4090. The molecule has 0 spiro atoms. The standard InChI is InChI=1S/C50H61N10O21P3S2/c51-47-40-48(55-26-54-47)60(27-56-40)49-46(43(62)36(77-49)25-76-83(67,68)81-84(69,70)80-82(64,65)66)79-50(63)53-17-16-52-38(61)12-2-1-3-15-57-85(71,72)30-13-14-31(37(24-30)86(73,74)75)39-34-22-28-8-4-18-58-20-6-10-32(41(28)58)44(34)78-45-33-11-7-21-59-19-5-9-29(42(33)59)23-35(39)45/h13-14,22-24,26-27,36,43,46,49,57,62H,1-12,15-21,25H2,(H8-,51,52,53,54,55,61,63,64,65,66,67,68,69,70,73,74,75)/p+1/t36-,43-,46-,49-/m1/s1. The molecule has 3 aromatic carbocycles. The van der Waals surface area contributed by atoms with Crippen LogP contribution in [0.2, 0.25) is 0 Å². The van der Waals surface area contributed by atoms with E-state index in [0.29, 0.717) is 40.7 Å². The maximum Gasteiger partial charge on any atom is 0.490 e. The fraction of sp³-hybridized carbons (Fsp3) is 0.480. The number of sulfonamides is 1. The second-order valence-electron chi connectivity index (χ2n) is 21.4. The van der Waals surface area contributed by atoms with Crippen LogP contribution in [-0.2, 0) is 86.9 Å². The molecule has 0 bridgehead atoms. The Labute approximate surface area is 490 Å². The third kappa shape index (κ3) is 13.0. The van der Waals surface area contributed by atoms with Gasteiger partial charge >= 0.3 is 29.6 Å². The Morgan fingerprint density at radius 1 is 0.814 bits per heavy atom. The Kier molecular flexibility index (Phi) is 17.4. The van der Waals surface area contributed by atoms with E-state index in [1.54, 1.807) is 0 Å². The lowest BCUT2D eigenvalue weighted by molar-refractivity contribution is -0.121. The summed E-state index contributed by atoms with van der Waals surface area (Å²) in [6.45, 7) is 2.22. The number of hydrogen-bond acceptors (Lipinski definition) is 21. The predicted molar refractivity (Wildman–Crippen MR) is 301 cm³/mol. The number of imidazole rings is 1. The highest BCUT2D eigenvalue weighted by atomic mass is 32.2. The summed E-state index contributed by atoms with van der Waals surface area (Å²) in [6.07, 6.45) is 2.31. The highest BCUT2D eigenvalue weighted by Crippen LogP contribution is 2.66. The number of aromatic nitrogens is 4. The number of phosphoric acid groups is 3. The number of aliphatic hydroxyl groups is 1. The number of phosphoric ester groups is 1. The number of alkyl carbamates (subject to hydrolysis) is 1. The van der Waals surface area contributed by atoms with E-state index in [-0.39, 0.29) is 59.9 Å². The fourth-order valence-corrected chi connectivity index (χ4v) is 17.1. The molecule has 2 aromatic heterocycles. The van der Waals surface area contributed by atoms with E-state index in [2.05, 4.69) is 65.1 Å². The molecule has 2 unspecified atom stereocenters. The zero-order chi connectivity index (χ0) is 61.1. The first-order chi connectivity index (χ1) is 40.8. The first kappa shape index (κ1) is 61.8. The maximum absolute atomic E-state index is 13.9. The van der Waals surface area contributed by atoms with E-state index >= 15 is 0 Å². The minimum absolute atomic E-state index is 0.0136. The summed E-state index contributed by atoms with van der Waals surface area (Å²) in [4.78, 5) is 76.4. The van der Waals surface area contributed by atoms with Crippen LogP contribution in [-0.4, -0.2) is 148 Å². The molecule has 0 aliphatic carbocycles. The summed E-state index contributed by atoms with van der Waals surface area (Å²) in [6, 6.07) is 7.96. The molecule has 464 valence electrons. The van der Waals surface area contributed by atoms with Crippen LogP contribution in [0.25, 0.3) is 16.7 Å². The van der Waals surface area contributed by atoms with Gasteiger partial charge in [0.2, 0.25) is 21.3 Å². The van der Waals surface area contributed by atoms with Crippen molar-refractivity contribution in [3.8, 4) is 11.5 Å². The molecule has 1 fully saturated rings. The van der Waals surface area contributed by atoms with E-state index in [1.807, 2.05) is 0 Å². The summed E-state index contributed by atoms with van der Waals surface area (Å²) in [5.74, 6) is 0.851. The summed E-state index contributed by atoms with van der Waals surface area (Å²) in [5.41, 5.74) is 13.0. The molecule has 2 amide bonds. The monoisotopic (exact) mass is 1300 g/mol. The largest absolute Gasteiger partial charge is 0.490 e. The number of hydrogen-bond donors (Lipinski definition) is 10. The van der Waals surface area contributed by atoms with Crippen LogP contribution in [0, 0.1) is 0 Å². The number of rotatable bonds is 22. The van der Waals surface area contributed by atoms with Crippen molar-refractivity contribution in [2.24, 2.45) is 0 Å². The summed E-state index contributed by atoms with van der Waals surface area (Å²) in [5, 5.41) is 18.1. The Balaban J connectivity index is 0.698. The lowest BCUT2D eigenvalue weighted by Crippen LogP contribution is -2.45. The van der Waals surface area contributed by atoms with Crippen molar-refractivity contribution in [2.45, 2.75) is 111 Å². The second-order valence-corrected chi connectivity index (χ2v) is 28.9. The van der Waals surface area contributed by atoms with Crippen molar-refractivity contribution in [1.82, 2.24) is 39.5 Å². The Morgan fingerprint density at radius 2 is 1.55 bits per heavy atom. The van der Waals surface area contributed by atoms with Gasteiger partial charge in [-0.3, -0.25) is 18.4 Å². The predicted octanol–water partition coefficient (Wildman–Crippen LogP) is 1.44. The molecule has 11 rings (SSSR count). The second kappa shape index (κ2) is 24.3. The van der Waals surface area contributed by atoms with Gasteiger partial charge in [-0.25, -0.2) is 51.2 Å². The lowest BCUT2D eigenvalue weighted by Gasteiger charge is -2.39. The highest BCUT2D eigenvalue weighted by Gasteiger charge is 2.50. The van der Waals surface area contributed by atoms with Gasteiger partial charge in [-0.2, -0.15) is 17.0 Å². The molecule has 31 nitrogen and oxygen atoms in total. The van der Waals surface area contributed by atoms with Crippen LogP contribution in [0.3, 0.4) is 0 Å². The van der Waals surface area contributed by atoms with Crippen LogP contribution < -0.4 is 45.9 Å². The number of anilines is 2. The quantitative estimate of drug-likeness (QED) is 0.0199. The van der Waals surface area contributed by atoms with Gasteiger partial charge < -0.3 is 60.2 Å². The van der Waals surface area contributed by atoms with Gasteiger partial charge in [0.1, 0.15) is 53.5 Å². The molecule has 0 saturated carbocycles. The fourth-order valence-electron chi connectivity index (χ4n) is 12.1. The molecule has 86 heavy (non-hydrogen) atoms. The number of nitrogens with two attached hydrogens (primary N) is 1. The van der Waals surface area contributed by atoms with Gasteiger partial charge in [0.15, 0.2) is 23.8 Å². The SMILES string of the molecule is Nc1ncnc2c1ncn2[C@@H]1O[C@H](COP(=O)(O)OP(=O)(O)OP(=O)(O)O)[C@@H](O)[C@H]1OC(=O)NCCNC(=O)CCCCCNS(=O)(=O)c1ccc(C2=c3cc4c5c(c3Oc3c2cc2c6c3CCCN6CCC2)CCC[N+]=5CCC4)c(S(=O)(=O)O)c1. The van der Waals surface area contributed by atoms with Gasteiger partial charge in [0.25, 0.3) is 10.1 Å². The van der Waals surface area contributed by atoms with Crippen LogP contribution >= 0.6 is 23.5 Å². The number of nitrogens with one attached hydrogen (secondary N) is 3. The normalized spacial score (nSPS) is 21.3. The van der Waals surface area contributed by atoms with E-state index in [4.69, 9.17) is 29.7 Å². The summed E-state index contributed by atoms with van der Waals surface area (Å²) >= 11 is 0. The highest BCUT2D eigenvalue weighted by molar-refractivity contribution is 7.89. The number of fused-ring (bicyclic) bond motifs is 5. The number of carbonyl (C=O) groups excluding carboxylic acids is 2. The number of nitrogens with zero attached hydrogens (tertiary/aromatic N) is 6. The molecule has 8 heterocycles. The third-order valence-electron chi connectivity index (χ3n) is 15.6. The summed E-state index contributed by atoms with van der Waals surface area (Å²) in [7, 11) is -26.6. The molecular weight excluding hydrogens is 1230 g/mol. The van der Waals surface area contributed by atoms with E-state index in [0.717, 1.165) is 119 Å². The van der Waals surface area contributed by atoms with E-state index in [9.17, 15) is 59.6 Å². The minimum Gasteiger partial charge on any atom is -0.455 e. The van der Waals surface area contributed by atoms with Crippen molar-refractivity contribution in [1.29, 1.82) is 0 Å². The Morgan fingerprint density at radius 3 is 2.31 bits per heavy atom. The van der Waals surface area contributed by atoms with Gasteiger partial charge in [-0.1, -0.05) is 12.5 Å².